The van der Waals surface area contributed by atoms with Crippen molar-refractivity contribution < 1.29 is 76.0 Å². The summed E-state index contributed by atoms with van der Waals surface area (Å²) >= 11 is 0. The number of hydrogen-bond acceptors (Lipinski definition) is 16. The van der Waals surface area contributed by atoms with Crippen LogP contribution in [0.25, 0.3) is 0 Å². The Kier molecular flexibility index (Phi) is 32.1. The van der Waals surface area contributed by atoms with E-state index in [9.17, 15) is 14.4 Å². The fourth-order valence-corrected chi connectivity index (χ4v) is 3.82. The van der Waals surface area contributed by atoms with Crippen molar-refractivity contribution in [3.05, 3.63) is 35.9 Å². The first-order valence-corrected chi connectivity index (χ1v) is 18.1. The van der Waals surface area contributed by atoms with Gasteiger partial charge in [0, 0.05) is 5.56 Å². The van der Waals surface area contributed by atoms with Crippen LogP contribution in [0.1, 0.15) is 37.6 Å². The molecule has 0 aliphatic rings. The van der Waals surface area contributed by atoms with Crippen LogP contribution in [0.4, 0.5) is 0 Å². The second kappa shape index (κ2) is 35.1. The SMILES string of the molecule is CC(C)(C)OC(=O)CCOCCOCCOCCOCCOCCOCCOCCOCCOCCOCCOCCOC(=O)C(=O)c1ccccc1. The van der Waals surface area contributed by atoms with Gasteiger partial charge < -0.3 is 61.6 Å². The number of carbonyl (C=O) groups excluding carboxylic acids is 3. The van der Waals surface area contributed by atoms with Crippen LogP contribution in [0, 0.1) is 0 Å². The molecule has 1 rings (SSSR count). The van der Waals surface area contributed by atoms with Crippen LogP contribution < -0.4 is 0 Å². The molecule has 0 bridgehead atoms. The molecule has 0 aliphatic carbocycles. The van der Waals surface area contributed by atoms with E-state index in [2.05, 4.69) is 0 Å². The van der Waals surface area contributed by atoms with E-state index in [-0.39, 0.29) is 25.6 Å². The highest BCUT2D eigenvalue weighted by Crippen LogP contribution is 2.08. The third-order valence-corrected chi connectivity index (χ3v) is 6.27. The first kappa shape index (κ1) is 48.4. The molecule has 0 N–H and O–H groups in total. The van der Waals surface area contributed by atoms with Gasteiger partial charge in [0.1, 0.15) is 12.2 Å². The zero-order valence-electron chi connectivity index (χ0n) is 31.9. The molecular formula is C37H62O16. The highest BCUT2D eigenvalue weighted by atomic mass is 16.6. The fourth-order valence-electron chi connectivity index (χ4n) is 3.82. The van der Waals surface area contributed by atoms with E-state index in [1.54, 1.807) is 30.3 Å². The monoisotopic (exact) mass is 762 g/mol. The Morgan fingerprint density at radius 3 is 1.00 bits per heavy atom. The number of Topliss-reactive ketones (excluding diaryl/α,β-unsaturated/α-hetero) is 1. The van der Waals surface area contributed by atoms with Gasteiger partial charge in [0.25, 0.3) is 5.78 Å². The number of esters is 2. The molecule has 1 aromatic rings. The minimum Gasteiger partial charge on any atom is -0.460 e. The highest BCUT2D eigenvalue weighted by molar-refractivity contribution is 6.40. The average molecular weight is 763 g/mol. The lowest BCUT2D eigenvalue weighted by atomic mass is 10.1. The highest BCUT2D eigenvalue weighted by Gasteiger charge is 2.17. The van der Waals surface area contributed by atoms with Gasteiger partial charge in [-0.2, -0.15) is 0 Å². The largest absolute Gasteiger partial charge is 0.460 e. The van der Waals surface area contributed by atoms with Gasteiger partial charge in [0.15, 0.2) is 0 Å². The molecular weight excluding hydrogens is 700 g/mol. The van der Waals surface area contributed by atoms with Crippen LogP contribution in [0.3, 0.4) is 0 Å². The second-order valence-corrected chi connectivity index (χ2v) is 11.9. The van der Waals surface area contributed by atoms with Crippen molar-refractivity contribution in [3.8, 4) is 0 Å². The van der Waals surface area contributed by atoms with E-state index in [0.717, 1.165) is 0 Å². The summed E-state index contributed by atoms with van der Waals surface area (Å²) in [6.07, 6.45) is 0.224. The standard InChI is InChI=1S/C37H62O16/c1-37(2,3)53-34(38)9-10-41-11-12-42-13-14-43-15-16-44-17-18-45-19-20-46-21-22-47-23-24-48-25-26-49-27-28-50-29-30-51-31-32-52-36(40)35(39)33-7-5-4-6-8-33/h4-8H,9-32H2,1-3H3. The molecule has 0 saturated carbocycles. The summed E-state index contributed by atoms with van der Waals surface area (Å²) in [6, 6.07) is 8.24. The zero-order chi connectivity index (χ0) is 38.5. The summed E-state index contributed by atoms with van der Waals surface area (Å²) in [7, 11) is 0. The van der Waals surface area contributed by atoms with E-state index < -0.39 is 17.4 Å². The van der Waals surface area contributed by atoms with Gasteiger partial charge in [0.05, 0.1) is 152 Å². The van der Waals surface area contributed by atoms with Gasteiger partial charge in [-0.15, -0.1) is 0 Å². The summed E-state index contributed by atoms with van der Waals surface area (Å²) < 4.78 is 69.9. The molecule has 0 aromatic heterocycles. The van der Waals surface area contributed by atoms with E-state index in [1.807, 2.05) is 20.8 Å². The number of rotatable bonds is 38. The van der Waals surface area contributed by atoms with E-state index in [4.69, 9.17) is 61.6 Å². The Labute approximate surface area is 314 Å². The minimum absolute atomic E-state index is 0.00800. The number of hydrogen-bond donors (Lipinski definition) is 0. The van der Waals surface area contributed by atoms with Crippen molar-refractivity contribution in [1.82, 2.24) is 0 Å². The molecule has 0 heterocycles. The Morgan fingerprint density at radius 1 is 0.415 bits per heavy atom. The molecule has 0 amide bonds. The number of carbonyl (C=O) groups is 3. The van der Waals surface area contributed by atoms with Crippen LogP contribution in [0.5, 0.6) is 0 Å². The second-order valence-electron chi connectivity index (χ2n) is 11.9. The lowest BCUT2D eigenvalue weighted by molar-refractivity contribution is -0.156. The summed E-state index contributed by atoms with van der Waals surface area (Å²) in [5.74, 6) is -1.85. The maximum Gasteiger partial charge on any atom is 0.379 e. The Morgan fingerprint density at radius 2 is 0.698 bits per heavy atom. The molecule has 0 radical (unpaired) electrons. The molecule has 16 nitrogen and oxygen atoms in total. The van der Waals surface area contributed by atoms with Crippen molar-refractivity contribution in [2.75, 3.05) is 152 Å². The summed E-state index contributed by atoms with van der Waals surface area (Å²) in [4.78, 5) is 35.2. The van der Waals surface area contributed by atoms with Crippen LogP contribution in [-0.4, -0.2) is 175 Å². The third kappa shape index (κ3) is 33.7. The summed E-state index contributed by atoms with van der Waals surface area (Å²) in [5.41, 5.74) is -0.190. The van der Waals surface area contributed by atoms with Gasteiger partial charge in [-0.05, 0) is 20.8 Å². The van der Waals surface area contributed by atoms with Gasteiger partial charge in [-0.3, -0.25) is 9.59 Å². The topological polar surface area (TPSA) is 171 Å². The lowest BCUT2D eigenvalue weighted by Crippen LogP contribution is -2.24. The molecule has 0 unspecified atom stereocenters. The smallest absolute Gasteiger partial charge is 0.379 e. The van der Waals surface area contributed by atoms with E-state index in [0.29, 0.717) is 144 Å². The fraction of sp³-hybridized carbons (Fsp3) is 0.757. The van der Waals surface area contributed by atoms with Gasteiger partial charge in [-0.25, -0.2) is 4.79 Å². The van der Waals surface area contributed by atoms with Crippen molar-refractivity contribution in [3.63, 3.8) is 0 Å². The molecule has 0 atom stereocenters. The molecule has 53 heavy (non-hydrogen) atoms. The predicted octanol–water partition coefficient (Wildman–Crippen LogP) is 2.33. The molecule has 0 aliphatic heterocycles. The summed E-state index contributed by atoms with van der Waals surface area (Å²) in [5, 5.41) is 0. The molecule has 0 saturated heterocycles. The van der Waals surface area contributed by atoms with Gasteiger partial charge >= 0.3 is 11.9 Å². The Bertz CT molecular complexity index is 1000. The van der Waals surface area contributed by atoms with E-state index >= 15 is 0 Å². The van der Waals surface area contributed by atoms with Gasteiger partial charge in [0.2, 0.25) is 0 Å². The van der Waals surface area contributed by atoms with Crippen LogP contribution in [0.2, 0.25) is 0 Å². The van der Waals surface area contributed by atoms with Crippen LogP contribution >= 0.6 is 0 Å². The third-order valence-electron chi connectivity index (χ3n) is 6.27. The average Bonchev–Trinajstić information content (AvgIpc) is 3.13. The Hall–Kier alpha value is -2.61. The van der Waals surface area contributed by atoms with E-state index in [1.165, 1.54) is 0 Å². The first-order chi connectivity index (χ1) is 25.8. The van der Waals surface area contributed by atoms with Crippen molar-refractivity contribution >= 4 is 17.7 Å². The zero-order valence-corrected chi connectivity index (χ0v) is 31.9. The predicted molar refractivity (Wildman–Crippen MR) is 191 cm³/mol. The van der Waals surface area contributed by atoms with Crippen molar-refractivity contribution in [1.29, 1.82) is 0 Å². The normalized spacial score (nSPS) is 11.5. The summed E-state index contributed by atoms with van der Waals surface area (Å²) in [6.45, 7) is 14.9. The molecule has 1 aromatic carbocycles. The van der Waals surface area contributed by atoms with Crippen LogP contribution in [0.15, 0.2) is 30.3 Å². The quantitative estimate of drug-likeness (QED) is 0.0416. The molecule has 306 valence electrons. The molecule has 0 fully saturated rings. The molecule has 0 spiro atoms. The van der Waals surface area contributed by atoms with Crippen molar-refractivity contribution in [2.45, 2.75) is 32.8 Å². The van der Waals surface area contributed by atoms with Crippen LogP contribution in [-0.2, 0) is 71.2 Å². The lowest BCUT2D eigenvalue weighted by Gasteiger charge is -2.19. The minimum atomic E-state index is -0.901. The molecule has 16 heteroatoms. The number of benzene rings is 1. The maximum atomic E-state index is 11.9. The maximum absolute atomic E-state index is 11.9. The van der Waals surface area contributed by atoms with Crippen molar-refractivity contribution in [2.24, 2.45) is 0 Å². The number of ether oxygens (including phenoxy) is 13. The first-order valence-electron chi connectivity index (χ1n) is 18.1. The van der Waals surface area contributed by atoms with Gasteiger partial charge in [-0.1, -0.05) is 30.3 Å². The Balaban J connectivity index is 1.66. The number of ketones is 1.